The molecule has 0 aromatic carbocycles. The SMILES string of the molecule is O=CC(Br)(C(F)F)N1CCCC1. The maximum atomic E-state index is 12.4. The van der Waals surface area contributed by atoms with Gasteiger partial charge in [-0.15, -0.1) is 0 Å². The molecule has 1 heterocycles. The van der Waals surface area contributed by atoms with E-state index in [4.69, 9.17) is 0 Å². The van der Waals surface area contributed by atoms with Crippen LogP contribution in [0.3, 0.4) is 0 Å². The largest absolute Gasteiger partial charge is 0.300 e. The number of nitrogens with zero attached hydrogens (tertiary/aromatic N) is 1. The molecule has 0 aromatic rings. The second-order valence-corrected chi connectivity index (χ2v) is 4.11. The van der Waals surface area contributed by atoms with Gasteiger partial charge in [-0.05, 0) is 12.8 Å². The van der Waals surface area contributed by atoms with Crippen LogP contribution in [0.15, 0.2) is 0 Å². The van der Waals surface area contributed by atoms with Crippen LogP contribution in [0.1, 0.15) is 12.8 Å². The fourth-order valence-electron chi connectivity index (χ4n) is 1.32. The molecule has 0 N–H and O–H groups in total. The zero-order chi connectivity index (χ0) is 9.19. The van der Waals surface area contributed by atoms with E-state index in [0.29, 0.717) is 13.1 Å². The Bertz CT molecular complexity index is 173. The number of alkyl halides is 3. The van der Waals surface area contributed by atoms with Gasteiger partial charge >= 0.3 is 0 Å². The van der Waals surface area contributed by atoms with Gasteiger partial charge in [-0.3, -0.25) is 4.90 Å². The molecule has 0 aromatic heterocycles. The summed E-state index contributed by atoms with van der Waals surface area (Å²) in [5.74, 6) is 0. The third kappa shape index (κ3) is 1.66. The molecule has 0 spiro atoms. The maximum Gasteiger partial charge on any atom is 0.273 e. The van der Waals surface area contributed by atoms with Crippen molar-refractivity contribution in [2.75, 3.05) is 13.1 Å². The summed E-state index contributed by atoms with van der Waals surface area (Å²) in [6.45, 7) is 1.13. The number of carbonyl (C=O) groups excluding carboxylic acids is 1. The van der Waals surface area contributed by atoms with Crippen LogP contribution < -0.4 is 0 Å². The van der Waals surface area contributed by atoms with E-state index in [9.17, 15) is 13.6 Å². The van der Waals surface area contributed by atoms with Gasteiger partial charge in [0.05, 0.1) is 0 Å². The Balaban J connectivity index is 2.70. The fourth-order valence-corrected chi connectivity index (χ4v) is 1.68. The van der Waals surface area contributed by atoms with Crippen molar-refractivity contribution in [2.24, 2.45) is 0 Å². The summed E-state index contributed by atoms with van der Waals surface area (Å²) in [4.78, 5) is 12.0. The molecule has 1 fully saturated rings. The first-order chi connectivity index (χ1) is 5.61. The molecule has 0 aliphatic carbocycles. The van der Waals surface area contributed by atoms with E-state index in [-0.39, 0.29) is 6.29 Å². The number of carbonyl (C=O) groups is 1. The van der Waals surface area contributed by atoms with Gasteiger partial charge in [0.25, 0.3) is 6.43 Å². The second kappa shape index (κ2) is 3.79. The van der Waals surface area contributed by atoms with Crippen LogP contribution in [0.4, 0.5) is 8.78 Å². The Hall–Kier alpha value is -0.0300. The van der Waals surface area contributed by atoms with E-state index >= 15 is 0 Å². The molecule has 1 saturated heterocycles. The van der Waals surface area contributed by atoms with E-state index in [2.05, 4.69) is 15.9 Å². The quantitative estimate of drug-likeness (QED) is 0.426. The van der Waals surface area contributed by atoms with E-state index in [1.54, 1.807) is 0 Å². The fraction of sp³-hybridized carbons (Fsp3) is 0.857. The summed E-state index contributed by atoms with van der Waals surface area (Å²) in [6, 6.07) is 0. The summed E-state index contributed by atoms with van der Waals surface area (Å²) in [6.07, 6.45) is -0.627. The molecule has 1 atom stereocenters. The van der Waals surface area contributed by atoms with Crippen LogP contribution in [0.2, 0.25) is 0 Å². The second-order valence-electron chi connectivity index (χ2n) is 2.84. The molecule has 1 rings (SSSR count). The van der Waals surface area contributed by atoms with Crippen molar-refractivity contribution < 1.29 is 13.6 Å². The van der Waals surface area contributed by atoms with Gasteiger partial charge in [0.15, 0.2) is 10.7 Å². The Morgan fingerprint density at radius 3 is 2.25 bits per heavy atom. The Labute approximate surface area is 78.0 Å². The molecule has 12 heavy (non-hydrogen) atoms. The lowest BCUT2D eigenvalue weighted by Crippen LogP contribution is -2.49. The van der Waals surface area contributed by atoms with Crippen molar-refractivity contribution in [1.82, 2.24) is 4.90 Å². The highest BCUT2D eigenvalue weighted by atomic mass is 79.9. The van der Waals surface area contributed by atoms with Gasteiger partial charge in [0.2, 0.25) is 0 Å². The van der Waals surface area contributed by atoms with Gasteiger partial charge in [0.1, 0.15) is 0 Å². The normalized spacial score (nSPS) is 24.3. The third-order valence-electron chi connectivity index (χ3n) is 2.06. The highest BCUT2D eigenvalue weighted by Crippen LogP contribution is 2.31. The minimum absolute atomic E-state index is 0.281. The van der Waals surface area contributed by atoms with Crippen LogP contribution in [-0.2, 0) is 4.79 Å². The summed E-state index contributed by atoms with van der Waals surface area (Å²) >= 11 is 2.78. The highest BCUT2D eigenvalue weighted by Gasteiger charge is 2.44. The summed E-state index contributed by atoms with van der Waals surface area (Å²) < 4.78 is 23.1. The molecular formula is C7H10BrF2NO. The molecule has 5 heteroatoms. The van der Waals surface area contributed by atoms with Gasteiger partial charge in [-0.25, -0.2) is 8.78 Å². The van der Waals surface area contributed by atoms with E-state index in [1.165, 1.54) is 4.90 Å². The van der Waals surface area contributed by atoms with Crippen LogP contribution >= 0.6 is 15.9 Å². The molecule has 1 aliphatic rings. The van der Waals surface area contributed by atoms with Crippen LogP contribution in [-0.4, -0.2) is 35.1 Å². The number of rotatable bonds is 3. The van der Waals surface area contributed by atoms with Gasteiger partial charge in [-0.2, -0.15) is 0 Å². The van der Waals surface area contributed by atoms with Crippen molar-refractivity contribution in [1.29, 1.82) is 0 Å². The monoisotopic (exact) mass is 241 g/mol. The van der Waals surface area contributed by atoms with Crippen molar-refractivity contribution >= 4 is 22.2 Å². The molecule has 0 saturated carbocycles. The van der Waals surface area contributed by atoms with Crippen molar-refractivity contribution in [3.05, 3.63) is 0 Å². The van der Waals surface area contributed by atoms with Gasteiger partial charge in [0, 0.05) is 13.1 Å². The molecule has 70 valence electrons. The van der Waals surface area contributed by atoms with Crippen LogP contribution in [0.5, 0.6) is 0 Å². The smallest absolute Gasteiger partial charge is 0.273 e. The molecule has 2 nitrogen and oxygen atoms in total. The summed E-state index contributed by atoms with van der Waals surface area (Å²) in [5, 5.41) is 0. The Kier molecular flexibility index (Phi) is 3.17. The average Bonchev–Trinajstić information content (AvgIpc) is 2.54. The van der Waals surface area contributed by atoms with Gasteiger partial charge < -0.3 is 4.79 Å². The zero-order valence-corrected chi connectivity index (χ0v) is 8.06. The average molecular weight is 242 g/mol. The molecule has 0 amide bonds. The van der Waals surface area contributed by atoms with E-state index in [0.717, 1.165) is 12.8 Å². The first kappa shape index (κ1) is 10.1. The predicted octanol–water partition coefficient (Wildman–Crippen LogP) is 1.64. The lowest BCUT2D eigenvalue weighted by Gasteiger charge is -2.30. The number of halogens is 3. The summed E-state index contributed by atoms with van der Waals surface area (Å²) in [7, 11) is 0. The highest BCUT2D eigenvalue weighted by molar-refractivity contribution is 9.10. The van der Waals surface area contributed by atoms with Crippen molar-refractivity contribution in [2.45, 2.75) is 23.7 Å². The number of hydrogen-bond donors (Lipinski definition) is 0. The first-order valence-corrected chi connectivity index (χ1v) is 4.59. The van der Waals surface area contributed by atoms with Crippen molar-refractivity contribution in [3.63, 3.8) is 0 Å². The lowest BCUT2D eigenvalue weighted by atomic mass is 10.3. The van der Waals surface area contributed by atoms with Crippen LogP contribution in [0, 0.1) is 0 Å². The topological polar surface area (TPSA) is 20.3 Å². The minimum atomic E-state index is -2.67. The molecule has 0 radical (unpaired) electrons. The third-order valence-corrected chi connectivity index (χ3v) is 3.10. The van der Waals surface area contributed by atoms with Gasteiger partial charge in [-0.1, -0.05) is 15.9 Å². The Morgan fingerprint density at radius 2 is 1.92 bits per heavy atom. The standard InChI is InChI=1S/C7H10BrF2NO/c8-7(5-12,6(9)10)11-3-1-2-4-11/h5-6H,1-4H2. The van der Waals surface area contributed by atoms with Crippen LogP contribution in [0.25, 0.3) is 0 Å². The predicted molar refractivity (Wildman–Crippen MR) is 44.5 cm³/mol. The molecular weight excluding hydrogens is 232 g/mol. The molecule has 1 aliphatic heterocycles. The molecule has 1 unspecified atom stereocenters. The zero-order valence-electron chi connectivity index (χ0n) is 6.47. The summed E-state index contributed by atoms with van der Waals surface area (Å²) in [5.41, 5.74) is 0. The first-order valence-electron chi connectivity index (χ1n) is 3.79. The van der Waals surface area contributed by atoms with Crippen molar-refractivity contribution in [3.8, 4) is 0 Å². The van der Waals surface area contributed by atoms with E-state index in [1.807, 2.05) is 0 Å². The van der Waals surface area contributed by atoms with E-state index < -0.39 is 10.9 Å². The number of likely N-dealkylation sites (tertiary alicyclic amines) is 1. The minimum Gasteiger partial charge on any atom is -0.300 e. The number of aldehydes is 1. The number of hydrogen-bond acceptors (Lipinski definition) is 2. The maximum absolute atomic E-state index is 12.4. The Morgan fingerprint density at radius 1 is 1.42 bits per heavy atom. The molecule has 0 bridgehead atoms. The lowest BCUT2D eigenvalue weighted by molar-refractivity contribution is -0.119.